The Labute approximate surface area is 98.5 Å². The predicted octanol–water partition coefficient (Wildman–Crippen LogP) is 2.54. The van der Waals surface area contributed by atoms with Gasteiger partial charge in [-0.1, -0.05) is 13.0 Å². The van der Waals surface area contributed by atoms with Crippen LogP contribution >= 0.6 is 0 Å². The number of hydrogen-bond donors (Lipinski definition) is 1. The Morgan fingerprint density at radius 2 is 2.12 bits per heavy atom. The average molecular weight is 228 g/mol. The number of esters is 1. The lowest BCUT2D eigenvalue weighted by atomic mass is 9.85. The zero-order chi connectivity index (χ0) is 12.8. The van der Waals surface area contributed by atoms with Crippen molar-refractivity contribution in [3.63, 3.8) is 0 Å². The highest BCUT2D eigenvalue weighted by Gasteiger charge is 2.30. The average Bonchev–Trinajstić information content (AvgIpc) is 2.25. The lowest BCUT2D eigenvalue weighted by Gasteiger charge is -2.24. The Hall–Kier alpha value is -0.830. The fraction of sp³-hybridized carbons (Fsp3) is 0.769. The minimum absolute atomic E-state index is 0.0537. The van der Waals surface area contributed by atoms with Crippen LogP contribution in [-0.2, 0) is 9.53 Å². The van der Waals surface area contributed by atoms with Crippen molar-refractivity contribution in [2.75, 3.05) is 6.61 Å². The molecular weight excluding hydrogens is 204 g/mol. The Balaban J connectivity index is 4.17. The maximum Gasteiger partial charge on any atom is 0.311 e. The van der Waals surface area contributed by atoms with Gasteiger partial charge in [0.2, 0.25) is 0 Å². The van der Waals surface area contributed by atoms with Crippen molar-refractivity contribution in [3.05, 3.63) is 12.7 Å². The Kier molecular flexibility index (Phi) is 6.34. The molecule has 0 bridgehead atoms. The van der Waals surface area contributed by atoms with Crippen LogP contribution in [0.5, 0.6) is 0 Å². The van der Waals surface area contributed by atoms with Crippen molar-refractivity contribution in [1.29, 1.82) is 0 Å². The number of aliphatic hydroxyl groups excluding tert-OH is 1. The number of ether oxygens (including phenoxy) is 1. The smallest absolute Gasteiger partial charge is 0.311 e. The second kappa shape index (κ2) is 6.69. The molecule has 0 aromatic rings. The molecule has 16 heavy (non-hydrogen) atoms. The summed E-state index contributed by atoms with van der Waals surface area (Å²) in [5.74, 6) is -0.147. The molecule has 0 aromatic heterocycles. The van der Waals surface area contributed by atoms with Crippen molar-refractivity contribution in [3.8, 4) is 0 Å². The Morgan fingerprint density at radius 1 is 1.56 bits per heavy atom. The summed E-state index contributed by atoms with van der Waals surface area (Å²) in [6.45, 7) is 11.4. The first-order chi connectivity index (χ1) is 7.35. The highest BCUT2D eigenvalue weighted by Crippen LogP contribution is 2.26. The van der Waals surface area contributed by atoms with E-state index in [2.05, 4.69) is 6.58 Å². The van der Waals surface area contributed by atoms with E-state index in [-0.39, 0.29) is 11.9 Å². The van der Waals surface area contributed by atoms with E-state index >= 15 is 0 Å². The van der Waals surface area contributed by atoms with Crippen LogP contribution < -0.4 is 0 Å². The highest BCUT2D eigenvalue weighted by atomic mass is 16.5. The van der Waals surface area contributed by atoms with Crippen molar-refractivity contribution in [2.24, 2.45) is 11.3 Å². The van der Waals surface area contributed by atoms with E-state index in [9.17, 15) is 9.90 Å². The summed E-state index contributed by atoms with van der Waals surface area (Å²) in [7, 11) is 0. The van der Waals surface area contributed by atoms with Gasteiger partial charge in [-0.05, 0) is 39.5 Å². The number of carbonyl (C=O) groups is 1. The molecule has 3 nitrogen and oxygen atoms in total. The van der Waals surface area contributed by atoms with Gasteiger partial charge in [0.05, 0.1) is 18.1 Å². The topological polar surface area (TPSA) is 46.5 Å². The van der Waals surface area contributed by atoms with Crippen LogP contribution in [-0.4, -0.2) is 23.8 Å². The minimum atomic E-state index is -0.530. The molecule has 0 amide bonds. The Morgan fingerprint density at radius 3 is 2.56 bits per heavy atom. The second-order valence-corrected chi connectivity index (χ2v) is 4.81. The van der Waals surface area contributed by atoms with Crippen LogP contribution in [0, 0.1) is 11.3 Å². The van der Waals surface area contributed by atoms with Crippen LogP contribution in [0.4, 0.5) is 0 Å². The summed E-state index contributed by atoms with van der Waals surface area (Å²) >= 11 is 0. The van der Waals surface area contributed by atoms with E-state index in [0.29, 0.717) is 19.4 Å². The molecule has 0 saturated heterocycles. The molecule has 0 fully saturated rings. The predicted molar refractivity (Wildman–Crippen MR) is 65.0 cm³/mol. The first kappa shape index (κ1) is 15.2. The zero-order valence-electron chi connectivity index (χ0n) is 10.8. The normalized spacial score (nSPS) is 15.3. The van der Waals surface area contributed by atoms with Gasteiger partial charge in [0.1, 0.15) is 0 Å². The summed E-state index contributed by atoms with van der Waals surface area (Å²) in [6, 6.07) is 0. The number of hydrogen-bond acceptors (Lipinski definition) is 3. The zero-order valence-corrected chi connectivity index (χ0v) is 10.8. The van der Waals surface area contributed by atoms with Crippen LogP contribution in [0.15, 0.2) is 12.7 Å². The van der Waals surface area contributed by atoms with Crippen molar-refractivity contribution in [2.45, 2.75) is 46.6 Å². The molecule has 94 valence electrons. The summed E-state index contributed by atoms with van der Waals surface area (Å²) < 4.78 is 4.99. The molecule has 1 N–H and O–H groups in total. The van der Waals surface area contributed by atoms with Crippen LogP contribution in [0.3, 0.4) is 0 Å². The first-order valence-electron chi connectivity index (χ1n) is 5.83. The van der Waals surface area contributed by atoms with Gasteiger partial charge in [-0.15, -0.1) is 6.58 Å². The summed E-state index contributed by atoms with van der Waals surface area (Å²) in [6.07, 6.45) is 2.48. The first-order valence-corrected chi connectivity index (χ1v) is 5.83. The van der Waals surface area contributed by atoms with Crippen LogP contribution in [0.1, 0.15) is 40.5 Å². The van der Waals surface area contributed by atoms with Crippen LogP contribution in [0.2, 0.25) is 0 Å². The summed E-state index contributed by atoms with van der Waals surface area (Å²) in [5, 5.41) is 9.77. The molecule has 0 unspecified atom stereocenters. The maximum absolute atomic E-state index is 11.6. The number of aliphatic hydroxyl groups is 1. The molecule has 0 aliphatic rings. The largest absolute Gasteiger partial charge is 0.466 e. The standard InChI is InChI=1S/C13H24O3/c1-6-10(3)11(14)8-9-13(4,5)12(15)16-7-2/h6,10-11,14H,1,7-9H2,2-5H3/t10-,11+/m0/s1. The molecule has 0 aliphatic heterocycles. The van der Waals surface area contributed by atoms with Gasteiger partial charge in [0.25, 0.3) is 0 Å². The quantitative estimate of drug-likeness (QED) is 0.538. The van der Waals surface area contributed by atoms with Crippen LogP contribution in [0.25, 0.3) is 0 Å². The van der Waals surface area contributed by atoms with Gasteiger partial charge in [0, 0.05) is 0 Å². The van der Waals surface area contributed by atoms with Gasteiger partial charge in [-0.25, -0.2) is 0 Å². The van der Waals surface area contributed by atoms with Gasteiger partial charge < -0.3 is 9.84 Å². The third-order valence-corrected chi connectivity index (χ3v) is 2.87. The monoisotopic (exact) mass is 228 g/mol. The molecule has 2 atom stereocenters. The second-order valence-electron chi connectivity index (χ2n) is 4.81. The van der Waals surface area contributed by atoms with E-state index in [1.165, 1.54) is 0 Å². The van der Waals surface area contributed by atoms with Crippen molar-refractivity contribution >= 4 is 5.97 Å². The van der Waals surface area contributed by atoms with Gasteiger partial charge in [-0.2, -0.15) is 0 Å². The molecule has 0 spiro atoms. The van der Waals surface area contributed by atoms with E-state index in [1.54, 1.807) is 13.0 Å². The molecule has 0 heterocycles. The van der Waals surface area contributed by atoms with Gasteiger partial charge in [0.15, 0.2) is 0 Å². The van der Waals surface area contributed by atoms with Crippen molar-refractivity contribution in [1.82, 2.24) is 0 Å². The van der Waals surface area contributed by atoms with Gasteiger partial charge >= 0.3 is 5.97 Å². The molecule has 0 aliphatic carbocycles. The third kappa shape index (κ3) is 4.79. The third-order valence-electron chi connectivity index (χ3n) is 2.87. The fourth-order valence-electron chi connectivity index (χ4n) is 1.36. The van der Waals surface area contributed by atoms with E-state index in [1.807, 2.05) is 20.8 Å². The van der Waals surface area contributed by atoms with E-state index < -0.39 is 11.5 Å². The van der Waals surface area contributed by atoms with E-state index in [0.717, 1.165) is 0 Å². The summed E-state index contributed by atoms with van der Waals surface area (Å²) in [5.41, 5.74) is -0.530. The summed E-state index contributed by atoms with van der Waals surface area (Å²) in [4.78, 5) is 11.6. The molecule has 0 rings (SSSR count). The maximum atomic E-state index is 11.6. The molecule has 0 aromatic carbocycles. The highest BCUT2D eigenvalue weighted by molar-refractivity contribution is 5.75. The number of carbonyl (C=O) groups excluding carboxylic acids is 1. The SMILES string of the molecule is C=C[C@H](C)[C@H](O)CCC(C)(C)C(=O)OCC. The molecular formula is C13H24O3. The molecule has 0 radical (unpaired) electrons. The van der Waals surface area contributed by atoms with Crippen molar-refractivity contribution < 1.29 is 14.6 Å². The van der Waals surface area contributed by atoms with E-state index in [4.69, 9.17) is 4.74 Å². The molecule has 3 heteroatoms. The Bertz CT molecular complexity index is 233. The molecule has 0 saturated carbocycles. The lowest BCUT2D eigenvalue weighted by Crippen LogP contribution is -2.29. The fourth-order valence-corrected chi connectivity index (χ4v) is 1.36. The number of rotatable bonds is 7. The minimum Gasteiger partial charge on any atom is -0.466 e. The van der Waals surface area contributed by atoms with Gasteiger partial charge in [-0.3, -0.25) is 4.79 Å². The lowest BCUT2D eigenvalue weighted by molar-refractivity contribution is -0.154.